The number of hydrogen-bond acceptors (Lipinski definition) is 6. The Labute approximate surface area is 112 Å². The number of rotatable bonds is 3. The fourth-order valence-electron chi connectivity index (χ4n) is 1.68. The lowest BCUT2D eigenvalue weighted by molar-refractivity contribution is 0.276. The molecule has 0 saturated heterocycles. The molecule has 8 heteroatoms. The number of nitrogens with zero attached hydrogens (tertiary/aromatic N) is 4. The predicted molar refractivity (Wildman–Crippen MR) is 70.1 cm³/mol. The van der Waals surface area contributed by atoms with Crippen LogP contribution in [0.1, 0.15) is 5.69 Å². The van der Waals surface area contributed by atoms with E-state index >= 15 is 0 Å². The largest absolute Gasteiger partial charge is 0.390 e. The molecule has 3 heterocycles. The maximum absolute atomic E-state index is 9.04. The minimum atomic E-state index is -0.146. The van der Waals surface area contributed by atoms with Gasteiger partial charge in [0.05, 0.1) is 40.6 Å². The van der Waals surface area contributed by atoms with Crippen LogP contribution in [0.3, 0.4) is 0 Å². The van der Waals surface area contributed by atoms with Gasteiger partial charge >= 0.3 is 0 Å². The van der Waals surface area contributed by atoms with Crippen molar-refractivity contribution in [2.45, 2.75) is 6.61 Å². The lowest BCUT2D eigenvalue weighted by atomic mass is 10.3. The van der Waals surface area contributed by atoms with E-state index in [2.05, 4.69) is 30.5 Å². The standard InChI is InChI=1S/C11H9ClN6O/c12-8-3-13-11(7-2-16-18-10(7)8)17-9-1-6(4-19)14-5-15-9/h1-3,5,19H,4H2,(H,16,18)(H,13,14,15,17). The molecule has 0 aliphatic rings. The molecule has 96 valence electrons. The van der Waals surface area contributed by atoms with Gasteiger partial charge in [0.15, 0.2) is 0 Å². The molecule has 0 unspecified atom stereocenters. The van der Waals surface area contributed by atoms with Crippen LogP contribution >= 0.6 is 11.6 Å². The third kappa shape index (κ3) is 2.20. The molecule has 3 N–H and O–H groups in total. The maximum atomic E-state index is 9.04. The van der Waals surface area contributed by atoms with Gasteiger partial charge in [0.2, 0.25) is 0 Å². The summed E-state index contributed by atoms with van der Waals surface area (Å²) < 4.78 is 0. The summed E-state index contributed by atoms with van der Waals surface area (Å²) in [6.07, 6.45) is 4.53. The number of aromatic nitrogens is 5. The molecule has 0 bridgehead atoms. The zero-order chi connectivity index (χ0) is 13.2. The summed E-state index contributed by atoms with van der Waals surface area (Å²) in [7, 11) is 0. The van der Waals surface area contributed by atoms with Crippen molar-refractivity contribution >= 4 is 34.1 Å². The molecule has 0 aliphatic carbocycles. The molecule has 19 heavy (non-hydrogen) atoms. The quantitative estimate of drug-likeness (QED) is 0.672. The number of hydrogen-bond donors (Lipinski definition) is 3. The molecule has 0 spiro atoms. The molecule has 0 saturated carbocycles. The van der Waals surface area contributed by atoms with Crippen LogP contribution < -0.4 is 5.32 Å². The third-order valence-corrected chi connectivity index (χ3v) is 2.86. The summed E-state index contributed by atoms with van der Waals surface area (Å²) in [5.41, 5.74) is 1.23. The highest BCUT2D eigenvalue weighted by Crippen LogP contribution is 2.27. The summed E-state index contributed by atoms with van der Waals surface area (Å²) in [5.74, 6) is 1.12. The van der Waals surface area contributed by atoms with Crippen molar-refractivity contribution < 1.29 is 5.11 Å². The van der Waals surface area contributed by atoms with Gasteiger partial charge in [-0.1, -0.05) is 11.6 Å². The van der Waals surface area contributed by atoms with Gasteiger partial charge in [0, 0.05) is 6.07 Å². The lowest BCUT2D eigenvalue weighted by Gasteiger charge is -2.06. The first-order chi connectivity index (χ1) is 9.28. The lowest BCUT2D eigenvalue weighted by Crippen LogP contribution is -1.99. The van der Waals surface area contributed by atoms with Gasteiger partial charge in [-0.2, -0.15) is 5.10 Å². The van der Waals surface area contributed by atoms with Crippen LogP contribution in [0.4, 0.5) is 11.6 Å². The van der Waals surface area contributed by atoms with Gasteiger partial charge in [-0.05, 0) is 0 Å². The van der Waals surface area contributed by atoms with E-state index in [-0.39, 0.29) is 6.61 Å². The Balaban J connectivity index is 2.01. The molecule has 0 atom stereocenters. The van der Waals surface area contributed by atoms with Gasteiger partial charge in [-0.15, -0.1) is 0 Å². The van der Waals surface area contributed by atoms with Crippen LogP contribution in [0.25, 0.3) is 10.9 Å². The number of aliphatic hydroxyl groups is 1. The van der Waals surface area contributed by atoms with Crippen molar-refractivity contribution in [3.8, 4) is 0 Å². The van der Waals surface area contributed by atoms with E-state index in [1.54, 1.807) is 12.3 Å². The monoisotopic (exact) mass is 276 g/mol. The highest BCUT2D eigenvalue weighted by atomic mass is 35.5. The first kappa shape index (κ1) is 11.8. The zero-order valence-corrected chi connectivity index (χ0v) is 10.4. The second kappa shape index (κ2) is 4.79. The first-order valence-corrected chi connectivity index (χ1v) is 5.82. The van der Waals surface area contributed by atoms with Gasteiger partial charge in [0.1, 0.15) is 18.0 Å². The van der Waals surface area contributed by atoms with Crippen LogP contribution in [-0.4, -0.2) is 30.3 Å². The topological polar surface area (TPSA) is 99.6 Å². The fraction of sp³-hybridized carbons (Fsp3) is 0.0909. The van der Waals surface area contributed by atoms with Crippen LogP contribution in [0.15, 0.2) is 24.8 Å². The Kier molecular flexibility index (Phi) is 2.98. The maximum Gasteiger partial charge on any atom is 0.142 e. The van der Waals surface area contributed by atoms with E-state index in [0.29, 0.717) is 27.9 Å². The molecule has 0 amide bonds. The average molecular weight is 277 g/mol. The average Bonchev–Trinajstić information content (AvgIpc) is 2.93. The Hall–Kier alpha value is -2.25. The molecule has 0 aliphatic heterocycles. The van der Waals surface area contributed by atoms with E-state index < -0.39 is 0 Å². The molecule has 7 nitrogen and oxygen atoms in total. The number of anilines is 2. The van der Waals surface area contributed by atoms with Gasteiger partial charge in [0.25, 0.3) is 0 Å². The highest BCUT2D eigenvalue weighted by Gasteiger charge is 2.09. The van der Waals surface area contributed by atoms with E-state index in [9.17, 15) is 0 Å². The molecule has 3 rings (SSSR count). The minimum Gasteiger partial charge on any atom is -0.390 e. The summed E-state index contributed by atoms with van der Waals surface area (Å²) in [5, 5.41) is 20.1. The molecule has 0 fully saturated rings. The van der Waals surface area contributed by atoms with Crippen LogP contribution in [-0.2, 0) is 6.61 Å². The van der Waals surface area contributed by atoms with Crippen molar-refractivity contribution in [2.24, 2.45) is 0 Å². The Morgan fingerprint density at radius 3 is 3.00 bits per heavy atom. The third-order valence-electron chi connectivity index (χ3n) is 2.57. The second-order valence-electron chi connectivity index (χ2n) is 3.79. The van der Waals surface area contributed by atoms with Crippen molar-refractivity contribution in [2.75, 3.05) is 5.32 Å². The van der Waals surface area contributed by atoms with E-state index in [0.717, 1.165) is 5.39 Å². The minimum absolute atomic E-state index is 0.146. The van der Waals surface area contributed by atoms with Gasteiger partial charge < -0.3 is 10.4 Å². The number of fused-ring (bicyclic) bond motifs is 1. The van der Waals surface area contributed by atoms with E-state index in [1.807, 2.05) is 0 Å². The second-order valence-corrected chi connectivity index (χ2v) is 4.20. The smallest absolute Gasteiger partial charge is 0.142 e. The Morgan fingerprint density at radius 1 is 1.26 bits per heavy atom. The van der Waals surface area contributed by atoms with E-state index in [1.165, 1.54) is 12.5 Å². The molecular formula is C11H9ClN6O. The number of halogens is 1. The molecule has 3 aromatic rings. The summed E-state index contributed by atoms with van der Waals surface area (Å²) in [6, 6.07) is 1.64. The Bertz CT molecular complexity index is 728. The van der Waals surface area contributed by atoms with Crippen LogP contribution in [0.2, 0.25) is 5.02 Å². The predicted octanol–water partition coefficient (Wildman–Crippen LogP) is 1.64. The van der Waals surface area contributed by atoms with Gasteiger partial charge in [-0.3, -0.25) is 5.10 Å². The SMILES string of the molecule is OCc1cc(Nc2ncc(Cl)c3[nH]ncc23)ncn1. The number of pyridine rings is 1. The number of nitrogens with one attached hydrogen (secondary N) is 2. The number of H-pyrrole nitrogens is 1. The summed E-state index contributed by atoms with van der Waals surface area (Å²) in [4.78, 5) is 12.2. The first-order valence-electron chi connectivity index (χ1n) is 5.44. The summed E-state index contributed by atoms with van der Waals surface area (Å²) in [6.45, 7) is -0.146. The number of aromatic amines is 1. The Morgan fingerprint density at radius 2 is 2.16 bits per heavy atom. The molecule has 0 radical (unpaired) electrons. The van der Waals surface area contributed by atoms with Crippen molar-refractivity contribution in [1.29, 1.82) is 0 Å². The van der Waals surface area contributed by atoms with Gasteiger partial charge in [-0.25, -0.2) is 15.0 Å². The highest BCUT2D eigenvalue weighted by molar-refractivity contribution is 6.35. The van der Waals surface area contributed by atoms with Crippen molar-refractivity contribution in [3.05, 3.63) is 35.5 Å². The van der Waals surface area contributed by atoms with Crippen molar-refractivity contribution in [1.82, 2.24) is 25.1 Å². The van der Waals surface area contributed by atoms with Crippen molar-refractivity contribution in [3.63, 3.8) is 0 Å². The summed E-state index contributed by atoms with van der Waals surface area (Å²) >= 11 is 6.00. The van der Waals surface area contributed by atoms with Crippen LogP contribution in [0, 0.1) is 0 Å². The number of aliphatic hydroxyl groups excluding tert-OH is 1. The zero-order valence-electron chi connectivity index (χ0n) is 9.63. The fourth-order valence-corrected chi connectivity index (χ4v) is 1.87. The molecular weight excluding hydrogens is 268 g/mol. The van der Waals surface area contributed by atoms with E-state index in [4.69, 9.17) is 16.7 Å². The normalized spacial score (nSPS) is 10.8. The van der Waals surface area contributed by atoms with Crippen LogP contribution in [0.5, 0.6) is 0 Å². The molecule has 3 aromatic heterocycles. The molecule has 0 aromatic carbocycles.